The molecule has 2 amide bonds. The summed E-state index contributed by atoms with van der Waals surface area (Å²) >= 11 is 6.80. The smallest absolute Gasteiger partial charge is 0.410 e. The second-order valence-electron chi connectivity index (χ2n) is 9.00. The van der Waals surface area contributed by atoms with Crippen LogP contribution in [0.15, 0.2) is 30.3 Å². The van der Waals surface area contributed by atoms with Gasteiger partial charge in [-0.15, -0.1) is 11.8 Å². The average Bonchev–Trinajstić information content (AvgIpc) is 2.72. The maximum Gasteiger partial charge on any atom is 0.410 e. The van der Waals surface area contributed by atoms with E-state index in [1.807, 2.05) is 58.0 Å². The average molecular weight is 481 g/mol. The van der Waals surface area contributed by atoms with Crippen LogP contribution in [0.3, 0.4) is 0 Å². The zero-order valence-electron chi connectivity index (χ0n) is 19.2. The van der Waals surface area contributed by atoms with Crippen LogP contribution in [-0.4, -0.2) is 74.1 Å². The van der Waals surface area contributed by atoms with Gasteiger partial charge >= 0.3 is 12.1 Å². The van der Waals surface area contributed by atoms with Gasteiger partial charge in [0.1, 0.15) is 5.60 Å². The Balaban J connectivity index is 2.07. The topological polar surface area (TPSA) is 87.2 Å². The first-order chi connectivity index (χ1) is 14.9. The third-order valence-electron chi connectivity index (χ3n) is 5.28. The molecule has 1 aliphatic rings. The number of thioether (sulfide) groups is 1. The van der Waals surface area contributed by atoms with Crippen LogP contribution in [0.4, 0.5) is 4.79 Å². The van der Waals surface area contributed by atoms with Gasteiger partial charge in [0.05, 0.1) is 16.0 Å². The number of hydrogen-bond donors (Lipinski definition) is 1. The lowest BCUT2D eigenvalue weighted by Crippen LogP contribution is -2.58. The minimum absolute atomic E-state index is 0.223. The fraction of sp³-hybridized carbons (Fsp3) is 0.565. The summed E-state index contributed by atoms with van der Waals surface area (Å²) in [6, 6.07) is 9.20. The Kier molecular flexibility index (Phi) is 9.09. The summed E-state index contributed by atoms with van der Waals surface area (Å²) in [4.78, 5) is 40.8. The third kappa shape index (κ3) is 7.20. The van der Waals surface area contributed by atoms with Gasteiger partial charge in [0, 0.05) is 31.4 Å². The highest BCUT2D eigenvalue weighted by atomic mass is 32.2. The van der Waals surface area contributed by atoms with Crippen molar-refractivity contribution in [1.29, 1.82) is 0 Å². The van der Waals surface area contributed by atoms with Gasteiger partial charge in [-0.25, -0.2) is 4.79 Å². The Morgan fingerprint density at radius 2 is 1.84 bits per heavy atom. The van der Waals surface area contributed by atoms with E-state index in [2.05, 4.69) is 0 Å². The van der Waals surface area contributed by atoms with Crippen LogP contribution in [0.1, 0.15) is 40.2 Å². The Labute approximate surface area is 199 Å². The monoisotopic (exact) mass is 480 g/mol. The largest absolute Gasteiger partial charge is 0.481 e. The molecule has 1 N–H and O–H groups in total. The van der Waals surface area contributed by atoms with E-state index in [0.717, 1.165) is 5.56 Å². The highest BCUT2D eigenvalue weighted by Crippen LogP contribution is 2.26. The molecule has 1 saturated heterocycles. The molecule has 0 bridgehead atoms. The van der Waals surface area contributed by atoms with E-state index in [9.17, 15) is 19.5 Å². The molecular formula is C23H32N2O5S2. The van der Waals surface area contributed by atoms with Crippen LogP contribution in [-0.2, 0) is 14.3 Å². The van der Waals surface area contributed by atoms with Gasteiger partial charge in [-0.05, 0) is 33.3 Å². The van der Waals surface area contributed by atoms with Gasteiger partial charge in [-0.2, -0.15) is 0 Å². The number of aliphatic carboxylic acids is 1. The number of amides is 2. The van der Waals surface area contributed by atoms with Crippen LogP contribution < -0.4 is 0 Å². The van der Waals surface area contributed by atoms with Gasteiger partial charge in [-0.1, -0.05) is 49.5 Å². The first-order valence-electron chi connectivity index (χ1n) is 10.6. The molecule has 176 valence electrons. The number of carbonyl (C=O) groups excluding carboxylic acids is 2. The van der Waals surface area contributed by atoms with Crippen molar-refractivity contribution in [3.05, 3.63) is 35.9 Å². The van der Waals surface area contributed by atoms with Crippen LogP contribution in [0, 0.1) is 11.8 Å². The molecule has 0 saturated carbocycles. The Morgan fingerprint density at radius 3 is 2.38 bits per heavy atom. The van der Waals surface area contributed by atoms with Crippen LogP contribution in [0.5, 0.6) is 0 Å². The molecule has 3 unspecified atom stereocenters. The fourth-order valence-electron chi connectivity index (χ4n) is 3.41. The number of benzene rings is 1. The molecule has 1 aromatic carbocycles. The van der Waals surface area contributed by atoms with Crippen LogP contribution in [0.25, 0.3) is 0 Å². The normalized spacial score (nSPS) is 18.6. The van der Waals surface area contributed by atoms with Crippen molar-refractivity contribution in [2.75, 3.05) is 25.4 Å². The number of carboxylic acid groups (broad SMARTS) is 1. The summed E-state index contributed by atoms with van der Waals surface area (Å²) in [7, 11) is 0. The number of thiocarbonyl (C=S) groups is 1. The van der Waals surface area contributed by atoms with Crippen molar-refractivity contribution in [3.8, 4) is 0 Å². The van der Waals surface area contributed by atoms with E-state index >= 15 is 0 Å². The zero-order chi connectivity index (χ0) is 24.1. The van der Waals surface area contributed by atoms with Gasteiger partial charge < -0.3 is 19.6 Å². The maximum absolute atomic E-state index is 13.4. The summed E-state index contributed by atoms with van der Waals surface area (Å²) < 4.78 is 6.06. The molecule has 9 heteroatoms. The Bertz CT molecular complexity index is 841. The summed E-state index contributed by atoms with van der Waals surface area (Å²) in [5.41, 5.74) is 0.282. The number of nitrogens with zero attached hydrogens (tertiary/aromatic N) is 2. The molecule has 7 nitrogen and oxygen atoms in total. The van der Waals surface area contributed by atoms with E-state index in [0.29, 0.717) is 23.8 Å². The first-order valence-corrected chi connectivity index (χ1v) is 12.0. The standard InChI is InChI=1S/C23H32N2O5S2/c1-15-13-24(22(29)30-23(3,4)5)11-12-25(15)19(26)18(16(2)20(27)28)14-32-21(31)17-9-7-6-8-10-17/h6-10,15-16,18H,11-14H2,1-5H3,(H,27,28). The molecule has 0 aliphatic carbocycles. The Hall–Kier alpha value is -2.13. The third-order valence-corrected chi connectivity index (χ3v) is 6.89. The van der Waals surface area contributed by atoms with Crippen molar-refractivity contribution < 1.29 is 24.2 Å². The number of piperazine rings is 1. The number of carboxylic acids is 1. The van der Waals surface area contributed by atoms with Crippen LogP contribution in [0.2, 0.25) is 0 Å². The van der Waals surface area contributed by atoms with E-state index in [-0.39, 0.29) is 17.7 Å². The lowest BCUT2D eigenvalue weighted by Gasteiger charge is -2.41. The van der Waals surface area contributed by atoms with Crippen molar-refractivity contribution >= 4 is 46.1 Å². The minimum Gasteiger partial charge on any atom is -0.481 e. The quantitative estimate of drug-likeness (QED) is 0.618. The number of ether oxygens (including phenoxy) is 1. The zero-order valence-corrected chi connectivity index (χ0v) is 20.9. The molecule has 1 heterocycles. The number of rotatable bonds is 6. The summed E-state index contributed by atoms with van der Waals surface area (Å²) in [5, 5.41) is 9.59. The summed E-state index contributed by atoms with van der Waals surface area (Å²) in [6.07, 6.45) is -0.407. The highest BCUT2D eigenvalue weighted by molar-refractivity contribution is 8.23. The predicted octanol–water partition coefficient (Wildman–Crippen LogP) is 3.90. The first kappa shape index (κ1) is 26.1. The van der Waals surface area contributed by atoms with Gasteiger partial charge in [0.15, 0.2) is 0 Å². The summed E-state index contributed by atoms with van der Waals surface area (Å²) in [6.45, 7) is 9.85. The van der Waals surface area contributed by atoms with Gasteiger partial charge in [0.2, 0.25) is 5.91 Å². The molecule has 1 fully saturated rings. The second-order valence-corrected chi connectivity index (χ2v) is 10.7. The van der Waals surface area contributed by atoms with E-state index in [1.54, 1.807) is 16.7 Å². The van der Waals surface area contributed by atoms with Crippen molar-refractivity contribution in [3.63, 3.8) is 0 Å². The minimum atomic E-state index is -1.02. The van der Waals surface area contributed by atoms with Crippen molar-refractivity contribution in [2.45, 2.75) is 46.3 Å². The lowest BCUT2D eigenvalue weighted by molar-refractivity contribution is -0.150. The molecule has 2 rings (SSSR count). The van der Waals surface area contributed by atoms with Gasteiger partial charge in [-0.3, -0.25) is 9.59 Å². The van der Waals surface area contributed by atoms with E-state index < -0.39 is 29.5 Å². The van der Waals surface area contributed by atoms with Crippen molar-refractivity contribution in [2.24, 2.45) is 11.8 Å². The molecular weight excluding hydrogens is 448 g/mol. The Morgan fingerprint density at radius 1 is 1.22 bits per heavy atom. The molecule has 1 aromatic rings. The lowest BCUT2D eigenvalue weighted by atomic mass is 9.93. The molecule has 0 radical (unpaired) electrons. The number of carbonyl (C=O) groups is 3. The van der Waals surface area contributed by atoms with E-state index in [1.165, 1.54) is 11.8 Å². The molecule has 1 aliphatic heterocycles. The van der Waals surface area contributed by atoms with E-state index in [4.69, 9.17) is 17.0 Å². The van der Waals surface area contributed by atoms with Gasteiger partial charge in [0.25, 0.3) is 0 Å². The SMILES string of the molecule is CC(C(=O)O)C(CSC(=S)c1ccccc1)C(=O)N1CCN(C(=O)OC(C)(C)C)CC1C. The molecule has 32 heavy (non-hydrogen) atoms. The fourth-order valence-corrected chi connectivity index (χ4v) is 4.82. The number of hydrogen-bond acceptors (Lipinski definition) is 6. The van der Waals surface area contributed by atoms with Crippen molar-refractivity contribution in [1.82, 2.24) is 9.80 Å². The van der Waals surface area contributed by atoms with Crippen LogP contribution >= 0.6 is 24.0 Å². The second kappa shape index (κ2) is 11.1. The molecule has 3 atom stereocenters. The summed E-state index contributed by atoms with van der Waals surface area (Å²) in [5.74, 6) is -2.55. The predicted molar refractivity (Wildman–Crippen MR) is 130 cm³/mol. The maximum atomic E-state index is 13.4. The molecule has 0 spiro atoms. The highest BCUT2D eigenvalue weighted by Gasteiger charge is 2.38. The molecule has 0 aromatic heterocycles.